The average Bonchev–Trinajstić information content (AvgIpc) is 2.80. The van der Waals surface area contributed by atoms with Crippen molar-refractivity contribution in [2.75, 3.05) is 6.61 Å². The minimum atomic E-state index is 0.0181. The van der Waals surface area contributed by atoms with Crippen LogP contribution in [0.1, 0.15) is 10.7 Å². The van der Waals surface area contributed by atoms with E-state index in [2.05, 4.69) is 10.4 Å². The molecule has 0 aliphatic rings. The fraction of sp³-hybridized carbons (Fsp3) is 0.308. The largest absolute Gasteiger partial charge is 0.492 e. The topological polar surface area (TPSA) is 60.2 Å². The van der Waals surface area contributed by atoms with Crippen molar-refractivity contribution in [3.63, 3.8) is 0 Å². The Morgan fingerprint density at radius 3 is 3.00 bits per heavy atom. The summed E-state index contributed by atoms with van der Waals surface area (Å²) < 4.78 is 5.67. The number of nitrogens with one attached hydrogen (secondary N) is 1. The van der Waals surface area contributed by atoms with Crippen LogP contribution < -0.4 is 16.0 Å². The Hall–Kier alpha value is -1.14. The van der Waals surface area contributed by atoms with E-state index in [0.29, 0.717) is 11.6 Å². The molecule has 6 heteroatoms. The quantitative estimate of drug-likeness (QED) is 0.635. The highest BCUT2D eigenvalue weighted by Crippen LogP contribution is 2.18. The lowest BCUT2D eigenvalue weighted by Crippen LogP contribution is -2.41. The fourth-order valence-corrected chi connectivity index (χ4v) is 2.66. The van der Waals surface area contributed by atoms with Crippen molar-refractivity contribution in [1.29, 1.82) is 0 Å². The minimum Gasteiger partial charge on any atom is -0.492 e. The van der Waals surface area contributed by atoms with Gasteiger partial charge in [0.15, 0.2) is 0 Å². The molecule has 1 heterocycles. The Labute approximate surface area is 121 Å². The van der Waals surface area contributed by atoms with E-state index >= 15 is 0 Å². The Balaban J connectivity index is 1.89. The first-order chi connectivity index (χ1) is 9.17. The molecule has 0 spiro atoms. The summed E-state index contributed by atoms with van der Waals surface area (Å²) >= 11 is 7.53. The molecule has 0 saturated carbocycles. The molecule has 0 saturated heterocycles. The molecule has 4 nitrogen and oxygen atoms in total. The summed E-state index contributed by atoms with van der Waals surface area (Å²) in [5.74, 6) is 6.28. The molecule has 19 heavy (non-hydrogen) atoms. The predicted octanol–water partition coefficient (Wildman–Crippen LogP) is 2.56. The van der Waals surface area contributed by atoms with Crippen LogP contribution in [0.4, 0.5) is 0 Å². The van der Waals surface area contributed by atoms with Crippen molar-refractivity contribution in [2.24, 2.45) is 5.84 Å². The number of aromatic nitrogens is 1. The lowest BCUT2D eigenvalue weighted by atomic mass is 10.2. The van der Waals surface area contributed by atoms with Crippen LogP contribution in [0.25, 0.3) is 0 Å². The van der Waals surface area contributed by atoms with Crippen molar-refractivity contribution < 1.29 is 4.74 Å². The van der Waals surface area contributed by atoms with Gasteiger partial charge in [-0.3, -0.25) is 11.3 Å². The van der Waals surface area contributed by atoms with Gasteiger partial charge in [-0.15, -0.1) is 11.3 Å². The highest BCUT2D eigenvalue weighted by Gasteiger charge is 2.11. The zero-order valence-electron chi connectivity index (χ0n) is 10.6. The van der Waals surface area contributed by atoms with Crippen LogP contribution in [-0.4, -0.2) is 17.6 Å². The standard InChI is InChI=1S/C13H16ClN3OS/c1-9-8-19-13(16-9)6-11(17-15)7-18-12-4-2-3-10(14)5-12/h2-5,8,11,17H,6-7,15H2,1H3. The maximum absolute atomic E-state index is 5.90. The number of hydrogen-bond acceptors (Lipinski definition) is 5. The molecule has 2 rings (SSSR count). The third-order valence-corrected chi connectivity index (χ3v) is 3.79. The second-order valence-electron chi connectivity index (χ2n) is 4.22. The number of hydrazine groups is 1. The second-order valence-corrected chi connectivity index (χ2v) is 5.60. The van der Waals surface area contributed by atoms with Crippen LogP contribution in [0.5, 0.6) is 5.75 Å². The number of aryl methyl sites for hydroxylation is 1. The third-order valence-electron chi connectivity index (χ3n) is 2.57. The number of ether oxygens (including phenoxy) is 1. The van der Waals surface area contributed by atoms with Gasteiger partial charge in [0, 0.05) is 22.5 Å². The van der Waals surface area contributed by atoms with Gasteiger partial charge in [0.2, 0.25) is 0 Å². The maximum atomic E-state index is 5.90. The van der Waals surface area contributed by atoms with Crippen LogP contribution in [0, 0.1) is 6.92 Å². The summed E-state index contributed by atoms with van der Waals surface area (Å²) in [6, 6.07) is 7.33. The number of hydrogen-bond donors (Lipinski definition) is 2. The van der Waals surface area contributed by atoms with Crippen molar-refractivity contribution in [2.45, 2.75) is 19.4 Å². The SMILES string of the molecule is Cc1csc(CC(COc2cccc(Cl)c2)NN)n1. The Bertz CT molecular complexity index is 532. The van der Waals surface area contributed by atoms with E-state index in [9.17, 15) is 0 Å². The molecular formula is C13H16ClN3OS. The number of rotatable bonds is 6. The van der Waals surface area contributed by atoms with E-state index in [1.54, 1.807) is 17.4 Å². The van der Waals surface area contributed by atoms with Crippen molar-refractivity contribution in [1.82, 2.24) is 10.4 Å². The zero-order valence-corrected chi connectivity index (χ0v) is 12.2. The number of nitrogens with zero attached hydrogens (tertiary/aromatic N) is 1. The monoisotopic (exact) mass is 297 g/mol. The van der Waals surface area contributed by atoms with Gasteiger partial charge in [-0.1, -0.05) is 17.7 Å². The lowest BCUT2D eigenvalue weighted by Gasteiger charge is -2.15. The molecule has 102 valence electrons. The molecule has 1 aromatic heterocycles. The molecule has 0 aliphatic carbocycles. The molecule has 0 bridgehead atoms. The molecular weight excluding hydrogens is 282 g/mol. The lowest BCUT2D eigenvalue weighted by molar-refractivity contribution is 0.264. The van der Waals surface area contributed by atoms with Crippen LogP contribution in [0.15, 0.2) is 29.6 Å². The predicted molar refractivity (Wildman–Crippen MR) is 78.6 cm³/mol. The van der Waals surface area contributed by atoms with E-state index in [4.69, 9.17) is 22.2 Å². The van der Waals surface area contributed by atoms with Crippen molar-refractivity contribution >= 4 is 22.9 Å². The van der Waals surface area contributed by atoms with Gasteiger partial charge in [-0.2, -0.15) is 0 Å². The molecule has 3 N–H and O–H groups in total. The van der Waals surface area contributed by atoms with E-state index in [1.807, 2.05) is 30.5 Å². The Morgan fingerprint density at radius 1 is 1.53 bits per heavy atom. The molecule has 0 amide bonds. The molecule has 0 fully saturated rings. The smallest absolute Gasteiger partial charge is 0.120 e. The summed E-state index contributed by atoms with van der Waals surface area (Å²) in [4.78, 5) is 4.41. The summed E-state index contributed by atoms with van der Waals surface area (Å²) in [5, 5.41) is 3.74. The first-order valence-electron chi connectivity index (χ1n) is 5.93. The Kier molecular flexibility index (Phi) is 5.15. The molecule has 1 atom stereocenters. The highest BCUT2D eigenvalue weighted by molar-refractivity contribution is 7.09. The first kappa shape index (κ1) is 14.3. The van der Waals surface area contributed by atoms with E-state index in [0.717, 1.165) is 22.9 Å². The summed E-state index contributed by atoms with van der Waals surface area (Å²) in [5.41, 5.74) is 3.79. The van der Waals surface area contributed by atoms with E-state index in [1.165, 1.54) is 0 Å². The highest BCUT2D eigenvalue weighted by atomic mass is 35.5. The zero-order chi connectivity index (χ0) is 13.7. The van der Waals surface area contributed by atoms with E-state index < -0.39 is 0 Å². The van der Waals surface area contributed by atoms with Crippen LogP contribution in [0.3, 0.4) is 0 Å². The number of halogens is 1. The average molecular weight is 298 g/mol. The normalized spacial score (nSPS) is 12.4. The van der Waals surface area contributed by atoms with Gasteiger partial charge in [0.05, 0.1) is 11.0 Å². The Morgan fingerprint density at radius 2 is 2.37 bits per heavy atom. The van der Waals surface area contributed by atoms with E-state index in [-0.39, 0.29) is 6.04 Å². The second kappa shape index (κ2) is 6.86. The molecule has 0 aliphatic heterocycles. The van der Waals surface area contributed by atoms with Gasteiger partial charge in [0.1, 0.15) is 12.4 Å². The summed E-state index contributed by atoms with van der Waals surface area (Å²) in [6.07, 6.45) is 0.746. The number of thiazole rings is 1. The minimum absolute atomic E-state index is 0.0181. The van der Waals surface area contributed by atoms with Gasteiger partial charge < -0.3 is 4.74 Å². The van der Waals surface area contributed by atoms with Crippen molar-refractivity contribution in [3.8, 4) is 5.75 Å². The van der Waals surface area contributed by atoms with Crippen LogP contribution in [0.2, 0.25) is 5.02 Å². The van der Waals surface area contributed by atoms with Gasteiger partial charge >= 0.3 is 0 Å². The first-order valence-corrected chi connectivity index (χ1v) is 7.18. The molecule has 0 radical (unpaired) electrons. The third kappa shape index (κ3) is 4.47. The number of benzene rings is 1. The van der Waals surface area contributed by atoms with Crippen molar-refractivity contribution in [3.05, 3.63) is 45.4 Å². The number of nitrogens with two attached hydrogens (primary N) is 1. The summed E-state index contributed by atoms with van der Waals surface area (Å²) in [6.45, 7) is 2.45. The van der Waals surface area contributed by atoms with Gasteiger partial charge in [-0.05, 0) is 25.1 Å². The van der Waals surface area contributed by atoms with Gasteiger partial charge in [0.25, 0.3) is 0 Å². The van der Waals surface area contributed by atoms with Gasteiger partial charge in [-0.25, -0.2) is 4.98 Å². The fourth-order valence-electron chi connectivity index (χ4n) is 1.63. The summed E-state index contributed by atoms with van der Waals surface area (Å²) in [7, 11) is 0. The molecule has 1 aromatic carbocycles. The van der Waals surface area contributed by atoms with Crippen LogP contribution in [-0.2, 0) is 6.42 Å². The molecule has 1 unspecified atom stereocenters. The maximum Gasteiger partial charge on any atom is 0.120 e. The van der Waals surface area contributed by atoms with Crippen LogP contribution >= 0.6 is 22.9 Å². The molecule has 2 aromatic rings.